The number of ether oxygens (including phenoxy) is 1. The van der Waals surface area contributed by atoms with E-state index in [1.807, 2.05) is 60.7 Å². The van der Waals surface area contributed by atoms with Crippen molar-refractivity contribution in [2.24, 2.45) is 0 Å². The van der Waals surface area contributed by atoms with Gasteiger partial charge in [0, 0.05) is 4.90 Å². The number of aryl methyl sites for hydroxylation is 1. The molecule has 0 spiro atoms. The van der Waals surface area contributed by atoms with Crippen molar-refractivity contribution < 1.29 is 14.3 Å². The molecule has 0 aromatic heterocycles. The van der Waals surface area contributed by atoms with Gasteiger partial charge in [0.15, 0.2) is 17.1 Å². The van der Waals surface area contributed by atoms with Gasteiger partial charge < -0.3 is 4.74 Å². The normalized spacial score (nSPS) is 20.9. The number of thioether (sulfide) groups is 1. The van der Waals surface area contributed by atoms with Gasteiger partial charge in [-0.15, -0.1) is 11.8 Å². The minimum Gasteiger partial charge on any atom is -0.453 e. The summed E-state index contributed by atoms with van der Waals surface area (Å²) in [5.74, 6) is -0.535. The lowest BCUT2D eigenvalue weighted by Crippen LogP contribution is -2.23. The smallest absolute Gasteiger partial charge is 0.327 e. The molecule has 1 heterocycles. The van der Waals surface area contributed by atoms with Gasteiger partial charge in [0.2, 0.25) is 0 Å². The molecule has 112 valence electrons. The number of hydrogen-bond acceptors (Lipinski definition) is 4. The summed E-state index contributed by atoms with van der Waals surface area (Å²) in [6, 6.07) is 19.4. The van der Waals surface area contributed by atoms with E-state index in [1.165, 1.54) is 11.8 Å². The fraction of sp³-hybridized carbons (Fsp3) is 0.222. The first-order valence-corrected chi connectivity index (χ1v) is 8.12. The summed E-state index contributed by atoms with van der Waals surface area (Å²) in [6.45, 7) is 0. The topological polar surface area (TPSA) is 43.4 Å². The zero-order valence-electron chi connectivity index (χ0n) is 12.0. The zero-order chi connectivity index (χ0) is 15.4. The van der Waals surface area contributed by atoms with E-state index in [0.29, 0.717) is 6.42 Å². The van der Waals surface area contributed by atoms with Gasteiger partial charge in [-0.1, -0.05) is 48.5 Å². The molecule has 0 bridgehead atoms. The first-order chi connectivity index (χ1) is 10.7. The van der Waals surface area contributed by atoms with E-state index in [9.17, 15) is 9.59 Å². The van der Waals surface area contributed by atoms with Gasteiger partial charge in [-0.05, 0) is 30.5 Å². The zero-order valence-corrected chi connectivity index (χ0v) is 12.8. The van der Waals surface area contributed by atoms with E-state index >= 15 is 0 Å². The standard InChI is InChI=1S/C18H16O3S/c19-16-15(12-11-13-7-3-1-4-8-13)21-18(20)17(16)22-14-9-5-2-6-10-14/h1-10,15,17H,11-12H2. The third-order valence-corrected chi connectivity index (χ3v) is 4.79. The Kier molecular flexibility index (Phi) is 4.59. The summed E-state index contributed by atoms with van der Waals surface area (Å²) in [5, 5.41) is -0.733. The highest BCUT2D eigenvalue weighted by molar-refractivity contribution is 8.01. The summed E-state index contributed by atoms with van der Waals surface area (Å²) in [5.41, 5.74) is 1.14. The van der Waals surface area contributed by atoms with Crippen LogP contribution in [0.2, 0.25) is 0 Å². The number of carbonyl (C=O) groups excluding carboxylic acids is 2. The van der Waals surface area contributed by atoms with Crippen molar-refractivity contribution in [3.05, 3.63) is 66.2 Å². The van der Waals surface area contributed by atoms with Crippen LogP contribution >= 0.6 is 11.8 Å². The van der Waals surface area contributed by atoms with Crippen molar-refractivity contribution in [3.8, 4) is 0 Å². The third kappa shape index (κ3) is 3.39. The van der Waals surface area contributed by atoms with Crippen molar-refractivity contribution in [2.75, 3.05) is 0 Å². The average molecular weight is 312 g/mol. The molecule has 1 aliphatic heterocycles. The van der Waals surface area contributed by atoms with Gasteiger partial charge in [-0.2, -0.15) is 0 Å². The van der Waals surface area contributed by atoms with Crippen LogP contribution in [0.5, 0.6) is 0 Å². The lowest BCUT2D eigenvalue weighted by Gasteiger charge is -2.07. The fourth-order valence-corrected chi connectivity index (χ4v) is 3.44. The van der Waals surface area contributed by atoms with Crippen LogP contribution in [-0.4, -0.2) is 23.1 Å². The molecule has 2 aromatic rings. The quantitative estimate of drug-likeness (QED) is 0.628. The number of Topliss-reactive ketones (excluding diaryl/α,β-unsaturated/α-hetero) is 1. The predicted octanol–water partition coefficient (Wildman–Crippen LogP) is 3.27. The second-order valence-electron chi connectivity index (χ2n) is 5.16. The first-order valence-electron chi connectivity index (χ1n) is 7.24. The molecule has 2 aromatic carbocycles. The maximum Gasteiger partial charge on any atom is 0.327 e. The van der Waals surface area contributed by atoms with Gasteiger partial charge >= 0.3 is 5.97 Å². The summed E-state index contributed by atoms with van der Waals surface area (Å²) in [6.07, 6.45) is 0.655. The van der Waals surface area contributed by atoms with Crippen LogP contribution < -0.4 is 0 Å². The summed E-state index contributed by atoms with van der Waals surface area (Å²) < 4.78 is 5.27. The highest BCUT2D eigenvalue weighted by Crippen LogP contribution is 2.31. The molecule has 3 rings (SSSR count). The number of hydrogen-bond donors (Lipinski definition) is 0. The summed E-state index contributed by atoms with van der Waals surface area (Å²) in [7, 11) is 0. The Morgan fingerprint density at radius 2 is 1.55 bits per heavy atom. The van der Waals surface area contributed by atoms with Crippen LogP contribution in [0.15, 0.2) is 65.6 Å². The monoisotopic (exact) mass is 312 g/mol. The van der Waals surface area contributed by atoms with Crippen molar-refractivity contribution >= 4 is 23.5 Å². The second-order valence-corrected chi connectivity index (χ2v) is 6.34. The molecule has 1 saturated heterocycles. The molecular weight excluding hydrogens is 296 g/mol. The number of carbonyl (C=O) groups is 2. The Bertz CT molecular complexity index is 655. The van der Waals surface area contributed by atoms with Crippen molar-refractivity contribution in [2.45, 2.75) is 29.1 Å². The van der Waals surface area contributed by atoms with E-state index in [4.69, 9.17) is 4.74 Å². The number of cyclic esters (lactones) is 1. The van der Waals surface area contributed by atoms with Crippen molar-refractivity contribution in [1.82, 2.24) is 0 Å². The van der Waals surface area contributed by atoms with Crippen LogP contribution in [0.25, 0.3) is 0 Å². The maximum atomic E-state index is 12.4. The molecule has 1 fully saturated rings. The van der Waals surface area contributed by atoms with Gasteiger partial charge in [-0.25, -0.2) is 0 Å². The number of esters is 1. The Morgan fingerprint density at radius 3 is 2.23 bits per heavy atom. The van der Waals surface area contributed by atoms with Crippen LogP contribution in [0, 0.1) is 0 Å². The Morgan fingerprint density at radius 1 is 0.909 bits per heavy atom. The van der Waals surface area contributed by atoms with Crippen LogP contribution in [0.3, 0.4) is 0 Å². The van der Waals surface area contributed by atoms with Gasteiger partial charge in [0.1, 0.15) is 0 Å². The van der Waals surface area contributed by atoms with E-state index < -0.39 is 17.3 Å². The Hall–Kier alpha value is -2.07. The Balaban J connectivity index is 1.61. The molecule has 0 N–H and O–H groups in total. The minimum atomic E-state index is -0.733. The molecule has 0 aliphatic carbocycles. The molecule has 1 aliphatic rings. The second kappa shape index (κ2) is 6.79. The van der Waals surface area contributed by atoms with E-state index in [1.54, 1.807) is 0 Å². The third-order valence-electron chi connectivity index (χ3n) is 3.58. The molecular formula is C18H16O3S. The molecule has 0 radical (unpaired) electrons. The lowest BCUT2D eigenvalue weighted by atomic mass is 10.0. The van der Waals surface area contributed by atoms with E-state index in [2.05, 4.69) is 0 Å². The maximum absolute atomic E-state index is 12.4. The average Bonchev–Trinajstić information content (AvgIpc) is 2.82. The molecule has 22 heavy (non-hydrogen) atoms. The molecule has 0 amide bonds. The first kappa shape index (κ1) is 14.9. The molecule has 2 unspecified atom stereocenters. The van der Waals surface area contributed by atoms with Gasteiger partial charge in [0.05, 0.1) is 0 Å². The summed E-state index contributed by atoms with van der Waals surface area (Å²) >= 11 is 1.27. The molecule has 4 heteroatoms. The Labute approximate surface area is 133 Å². The van der Waals surface area contributed by atoms with Crippen LogP contribution in [0.4, 0.5) is 0 Å². The molecule has 2 atom stereocenters. The van der Waals surface area contributed by atoms with E-state index in [0.717, 1.165) is 16.9 Å². The largest absolute Gasteiger partial charge is 0.453 e. The minimum absolute atomic E-state index is 0.116. The van der Waals surface area contributed by atoms with Crippen molar-refractivity contribution in [3.63, 3.8) is 0 Å². The number of rotatable bonds is 5. The van der Waals surface area contributed by atoms with Crippen LogP contribution in [0.1, 0.15) is 12.0 Å². The SMILES string of the molecule is O=C1OC(CCc2ccccc2)C(=O)C1Sc1ccccc1. The van der Waals surface area contributed by atoms with Crippen molar-refractivity contribution in [1.29, 1.82) is 0 Å². The number of benzene rings is 2. The highest BCUT2D eigenvalue weighted by atomic mass is 32.2. The molecule has 0 saturated carbocycles. The summed E-state index contributed by atoms with van der Waals surface area (Å²) in [4.78, 5) is 25.2. The van der Waals surface area contributed by atoms with Crippen LogP contribution in [-0.2, 0) is 20.7 Å². The van der Waals surface area contributed by atoms with Gasteiger partial charge in [-0.3, -0.25) is 9.59 Å². The lowest BCUT2D eigenvalue weighted by molar-refractivity contribution is -0.142. The molecule has 3 nitrogen and oxygen atoms in total. The fourth-order valence-electron chi connectivity index (χ4n) is 2.43. The number of ketones is 1. The predicted molar refractivity (Wildman–Crippen MR) is 85.7 cm³/mol. The van der Waals surface area contributed by atoms with Gasteiger partial charge in [0.25, 0.3) is 0 Å². The highest BCUT2D eigenvalue weighted by Gasteiger charge is 2.43. The van der Waals surface area contributed by atoms with E-state index in [-0.39, 0.29) is 5.78 Å².